The average molecular weight is 870 g/mol. The van der Waals surface area contributed by atoms with Crippen LogP contribution in [-0.2, 0) is 39.0 Å². The number of anilines is 1. The van der Waals surface area contributed by atoms with Gasteiger partial charge in [0.25, 0.3) is 12.3 Å². The number of aromatic nitrogens is 6. The number of imide groups is 1. The van der Waals surface area contributed by atoms with Crippen LogP contribution in [0, 0.1) is 11.8 Å². The molecular weight excluding hydrogens is 817 g/mol. The molecule has 2 N–H and O–H groups in total. The number of ether oxygens (including phenoxy) is 1. The second kappa shape index (κ2) is 19.1. The van der Waals surface area contributed by atoms with E-state index in [0.717, 1.165) is 54.8 Å². The van der Waals surface area contributed by atoms with E-state index in [9.17, 15) is 32.8 Å². The van der Waals surface area contributed by atoms with Crippen LogP contribution >= 0.6 is 0 Å². The van der Waals surface area contributed by atoms with Crippen LogP contribution in [0.2, 0.25) is 0 Å². The number of nitrogens with zero attached hydrogens (tertiary/aromatic N) is 7. The van der Waals surface area contributed by atoms with Gasteiger partial charge in [-0.25, -0.2) is 18.6 Å². The molecule has 2 saturated carbocycles. The molecule has 4 amide bonds. The first kappa shape index (κ1) is 43.6. The normalized spacial score (nSPS) is 19.2. The number of amides is 4. The molecule has 3 aliphatic rings. The van der Waals surface area contributed by atoms with E-state index in [1.807, 2.05) is 24.3 Å². The van der Waals surface area contributed by atoms with Crippen molar-refractivity contribution in [1.29, 1.82) is 0 Å². The van der Waals surface area contributed by atoms with Gasteiger partial charge >= 0.3 is 5.69 Å². The van der Waals surface area contributed by atoms with Gasteiger partial charge in [0.2, 0.25) is 23.6 Å². The number of oxazole rings is 1. The van der Waals surface area contributed by atoms with Crippen molar-refractivity contribution in [2.75, 3.05) is 32.1 Å². The third kappa shape index (κ3) is 10.1. The van der Waals surface area contributed by atoms with Crippen molar-refractivity contribution in [3.05, 3.63) is 82.1 Å². The van der Waals surface area contributed by atoms with Crippen molar-refractivity contribution >= 4 is 40.3 Å². The second-order valence-corrected chi connectivity index (χ2v) is 17.1. The molecule has 16 nitrogen and oxygen atoms in total. The molecule has 1 atom stereocenters. The van der Waals surface area contributed by atoms with Crippen LogP contribution in [0.4, 0.5) is 14.5 Å². The first-order valence-corrected chi connectivity index (χ1v) is 21.9. The van der Waals surface area contributed by atoms with E-state index in [-0.39, 0.29) is 59.6 Å². The maximum absolute atomic E-state index is 14.1. The molecule has 0 bridgehead atoms. The van der Waals surface area contributed by atoms with E-state index >= 15 is 0 Å². The first-order chi connectivity index (χ1) is 30.4. The van der Waals surface area contributed by atoms with Gasteiger partial charge in [0.15, 0.2) is 11.4 Å². The van der Waals surface area contributed by atoms with Crippen molar-refractivity contribution in [1.82, 2.24) is 39.1 Å². The Hall–Kier alpha value is -6.04. The maximum Gasteiger partial charge on any atom is 0.329 e. The summed E-state index contributed by atoms with van der Waals surface area (Å²) in [7, 11) is 3.44. The zero-order chi connectivity index (χ0) is 44.2. The lowest BCUT2D eigenvalue weighted by Crippen LogP contribution is -2.44. The molecule has 0 spiro atoms. The number of halogens is 2. The van der Waals surface area contributed by atoms with Gasteiger partial charge < -0.3 is 19.4 Å². The van der Waals surface area contributed by atoms with E-state index < -0.39 is 30.0 Å². The van der Waals surface area contributed by atoms with Gasteiger partial charge in [0.05, 0.1) is 29.4 Å². The number of piperidine rings is 1. The largest absolute Gasteiger partial charge is 0.444 e. The lowest BCUT2D eigenvalue weighted by molar-refractivity contribution is -0.137. The number of nitrogens with one attached hydrogen (secondary N) is 2. The Bertz CT molecular complexity index is 2530. The fourth-order valence-electron chi connectivity index (χ4n) is 8.69. The Kier molecular flexibility index (Phi) is 13.3. The Morgan fingerprint density at radius 1 is 1.00 bits per heavy atom. The van der Waals surface area contributed by atoms with Crippen molar-refractivity contribution in [3.8, 4) is 11.5 Å². The summed E-state index contributed by atoms with van der Waals surface area (Å²) in [4.78, 5) is 74.1. The predicted octanol–water partition coefficient (Wildman–Crippen LogP) is 6.33. The van der Waals surface area contributed by atoms with Crippen LogP contribution < -0.4 is 16.3 Å². The van der Waals surface area contributed by atoms with Gasteiger partial charge in [-0.05, 0) is 100.0 Å². The van der Waals surface area contributed by atoms with Gasteiger partial charge in [0.1, 0.15) is 12.3 Å². The van der Waals surface area contributed by atoms with E-state index in [0.29, 0.717) is 56.5 Å². The molecule has 63 heavy (non-hydrogen) atoms. The maximum atomic E-state index is 14.1. The number of benzene rings is 1. The summed E-state index contributed by atoms with van der Waals surface area (Å²) < 4.78 is 44.2. The van der Waals surface area contributed by atoms with Gasteiger partial charge in [-0.3, -0.25) is 43.3 Å². The molecule has 5 aromatic rings. The van der Waals surface area contributed by atoms with Crippen molar-refractivity contribution in [2.45, 2.75) is 102 Å². The molecular formula is C45H53F2N9O7. The number of pyridine rings is 1. The molecule has 1 unspecified atom stereocenters. The molecule has 8 rings (SSSR count). The zero-order valence-corrected chi connectivity index (χ0v) is 35.6. The molecule has 2 aliphatic carbocycles. The van der Waals surface area contributed by atoms with Crippen LogP contribution in [0.15, 0.2) is 58.2 Å². The Balaban J connectivity index is 0.755. The molecule has 5 heterocycles. The first-order valence-electron chi connectivity index (χ1n) is 21.9. The number of alkyl halides is 2. The standard InChI is InChI=1S/C45H53F2N9O7/c1-53(20-22-62-21-4-3-5-28-9-15-35-37(23-28)54(2)45(61)56(35)36-16-17-38(57)51-42(36)59)44(60)29-10-13-32(14-11-29)55-25-33(39(52-55)40(46)47)49-41(58)34-26-63-43(50-34)30-18-19-48-31(24-30)12-8-27-6-7-27/h9,15,18-19,23-27,29,32,36,40H,3-8,10-14,16-17,20-22H2,1-2H3,(H,49,58)(H,51,57,59). The fourth-order valence-corrected chi connectivity index (χ4v) is 8.69. The van der Waals surface area contributed by atoms with Gasteiger partial charge in [-0.1, -0.05) is 18.9 Å². The fraction of sp³-hybridized carbons (Fsp3) is 0.511. The quantitative estimate of drug-likeness (QED) is 0.0745. The summed E-state index contributed by atoms with van der Waals surface area (Å²) >= 11 is 0. The van der Waals surface area contributed by atoms with Crippen LogP contribution in [0.5, 0.6) is 0 Å². The number of likely N-dealkylation sites (N-methyl/N-ethyl adjacent to an activating group) is 1. The number of rotatable bonds is 18. The van der Waals surface area contributed by atoms with E-state index in [4.69, 9.17) is 9.15 Å². The van der Waals surface area contributed by atoms with Gasteiger partial charge in [-0.2, -0.15) is 5.10 Å². The highest BCUT2D eigenvalue weighted by atomic mass is 19.3. The lowest BCUT2D eigenvalue weighted by atomic mass is 9.85. The molecule has 4 aromatic heterocycles. The number of hydrogen-bond donors (Lipinski definition) is 2. The molecule has 18 heteroatoms. The molecule has 0 radical (unpaired) electrons. The Labute approximate surface area is 362 Å². The number of aryl methyl sites for hydroxylation is 3. The number of carbonyl (C=O) groups is 4. The number of imidazole rings is 1. The van der Waals surface area contributed by atoms with Gasteiger partial charge in [-0.15, -0.1) is 0 Å². The molecule has 3 fully saturated rings. The lowest BCUT2D eigenvalue weighted by Gasteiger charge is -2.30. The third-order valence-electron chi connectivity index (χ3n) is 12.6. The highest BCUT2D eigenvalue weighted by Crippen LogP contribution is 2.36. The summed E-state index contributed by atoms with van der Waals surface area (Å²) in [5.41, 5.74) is 3.05. The summed E-state index contributed by atoms with van der Waals surface area (Å²) in [5.74, 6) is -0.664. The monoisotopic (exact) mass is 869 g/mol. The summed E-state index contributed by atoms with van der Waals surface area (Å²) in [6.07, 6.45) is 11.0. The number of fused-ring (bicyclic) bond motifs is 1. The number of unbranched alkanes of at least 4 members (excludes halogenated alkanes) is 1. The summed E-state index contributed by atoms with van der Waals surface area (Å²) in [6.45, 7) is 1.35. The minimum Gasteiger partial charge on any atom is -0.444 e. The highest BCUT2D eigenvalue weighted by molar-refractivity contribution is 6.03. The van der Waals surface area contributed by atoms with Gasteiger partial charge in [0, 0.05) is 63.2 Å². The predicted molar refractivity (Wildman–Crippen MR) is 227 cm³/mol. The smallest absolute Gasteiger partial charge is 0.329 e. The SMILES string of the molecule is CN(CCOCCCCc1ccc2c(c1)n(C)c(=O)n2C1CCC(=O)NC1=O)C(=O)C1CCC(n2cc(NC(=O)c3coc(-c4ccnc(CCC5CC5)c4)n3)c(C(F)F)n2)CC1. The topological polar surface area (TPSA) is 188 Å². The van der Waals surface area contributed by atoms with Crippen molar-refractivity contribution in [3.63, 3.8) is 0 Å². The Morgan fingerprint density at radius 3 is 2.57 bits per heavy atom. The van der Waals surface area contributed by atoms with Crippen LogP contribution in [-0.4, -0.2) is 84.2 Å². The summed E-state index contributed by atoms with van der Waals surface area (Å²) in [5, 5.41) is 9.05. The highest BCUT2D eigenvalue weighted by Gasteiger charge is 2.33. The third-order valence-corrected chi connectivity index (χ3v) is 12.6. The molecule has 1 aliphatic heterocycles. The van der Waals surface area contributed by atoms with E-state index in [1.165, 1.54) is 39.1 Å². The summed E-state index contributed by atoms with van der Waals surface area (Å²) in [6, 6.07) is 8.48. The molecule has 334 valence electrons. The molecule has 1 aromatic carbocycles. The Morgan fingerprint density at radius 2 is 1.81 bits per heavy atom. The van der Waals surface area contributed by atoms with Crippen molar-refractivity contribution in [2.24, 2.45) is 18.9 Å². The second-order valence-electron chi connectivity index (χ2n) is 17.1. The van der Waals surface area contributed by atoms with Crippen LogP contribution in [0.3, 0.4) is 0 Å². The van der Waals surface area contributed by atoms with Crippen molar-refractivity contribution < 1.29 is 37.1 Å². The zero-order valence-electron chi connectivity index (χ0n) is 35.6. The molecule has 1 saturated heterocycles. The van der Waals surface area contributed by atoms with Crippen LogP contribution in [0.25, 0.3) is 22.5 Å². The minimum absolute atomic E-state index is 0.0168. The minimum atomic E-state index is -2.92. The average Bonchev–Trinajstić information content (AvgIpc) is 3.69. The van der Waals surface area contributed by atoms with Crippen LogP contribution in [0.1, 0.15) is 117 Å². The number of carbonyl (C=O) groups excluding carboxylic acids is 4. The van der Waals surface area contributed by atoms with E-state index in [2.05, 4.69) is 25.7 Å². The van der Waals surface area contributed by atoms with E-state index in [1.54, 1.807) is 31.3 Å². The number of hydrogen-bond acceptors (Lipinski definition) is 10.